The number of ether oxygens (including phenoxy) is 1. The van der Waals surface area contributed by atoms with E-state index in [0.29, 0.717) is 13.0 Å². The minimum absolute atomic E-state index is 0.109. The van der Waals surface area contributed by atoms with Crippen LogP contribution in [-0.4, -0.2) is 17.7 Å². The van der Waals surface area contributed by atoms with Gasteiger partial charge in [-0.15, -0.1) is 0 Å². The first-order chi connectivity index (χ1) is 8.89. The quantitative estimate of drug-likeness (QED) is 0.886. The Hall–Kier alpha value is -1.35. The summed E-state index contributed by atoms with van der Waals surface area (Å²) in [5.41, 5.74) is 2.33. The Bertz CT molecular complexity index is 442. The van der Waals surface area contributed by atoms with Crippen molar-refractivity contribution in [3.8, 4) is 0 Å². The lowest BCUT2D eigenvalue weighted by Gasteiger charge is -2.29. The molecule has 2 rings (SSSR count). The zero-order valence-corrected chi connectivity index (χ0v) is 11.8. The van der Waals surface area contributed by atoms with Crippen molar-refractivity contribution in [3.05, 3.63) is 35.4 Å². The van der Waals surface area contributed by atoms with Gasteiger partial charge in [0, 0.05) is 6.61 Å². The molecule has 1 aromatic carbocycles. The number of hydrogen-bond acceptors (Lipinski definition) is 2. The van der Waals surface area contributed by atoms with Gasteiger partial charge in [0.2, 0.25) is 0 Å². The minimum Gasteiger partial charge on any atom is -0.481 e. The van der Waals surface area contributed by atoms with E-state index in [2.05, 4.69) is 32.9 Å². The van der Waals surface area contributed by atoms with Crippen LogP contribution < -0.4 is 0 Å². The number of hydrogen-bond donors (Lipinski definition) is 1. The summed E-state index contributed by atoms with van der Waals surface area (Å²) in [6, 6.07) is 8.16. The first-order valence-electron chi connectivity index (χ1n) is 6.84. The first kappa shape index (κ1) is 14.1. The molecule has 0 saturated carbocycles. The van der Waals surface area contributed by atoms with E-state index in [-0.39, 0.29) is 11.5 Å². The topological polar surface area (TPSA) is 46.5 Å². The van der Waals surface area contributed by atoms with Gasteiger partial charge in [0.15, 0.2) is 0 Å². The normalized spacial score (nSPS) is 24.2. The van der Waals surface area contributed by atoms with Crippen molar-refractivity contribution in [1.82, 2.24) is 0 Å². The molecular formula is C16H22O3. The molecule has 0 aromatic heterocycles. The molecule has 1 heterocycles. The van der Waals surface area contributed by atoms with Crippen LogP contribution in [0.15, 0.2) is 24.3 Å². The fourth-order valence-corrected chi connectivity index (χ4v) is 2.54. The molecule has 1 aromatic rings. The van der Waals surface area contributed by atoms with Crippen LogP contribution in [0.5, 0.6) is 0 Å². The fourth-order valence-electron chi connectivity index (χ4n) is 2.54. The standard InChI is InChI=1S/C16H22O3/c1-16(2,3)12-8-6-11(7-9-12)14-13(15(17)18)5-4-10-19-14/h6-9,13-14H,4-5,10H2,1-3H3,(H,17,18). The van der Waals surface area contributed by atoms with Gasteiger partial charge in [0.05, 0.1) is 12.0 Å². The Balaban J connectivity index is 2.23. The zero-order chi connectivity index (χ0) is 14.0. The maximum Gasteiger partial charge on any atom is 0.309 e. The van der Waals surface area contributed by atoms with Gasteiger partial charge >= 0.3 is 5.97 Å². The summed E-state index contributed by atoms with van der Waals surface area (Å²) < 4.78 is 5.68. The molecule has 104 valence electrons. The highest BCUT2D eigenvalue weighted by Gasteiger charge is 2.33. The van der Waals surface area contributed by atoms with E-state index in [1.54, 1.807) is 0 Å². The van der Waals surface area contributed by atoms with Crippen LogP contribution >= 0.6 is 0 Å². The highest BCUT2D eigenvalue weighted by Crippen LogP contribution is 2.34. The van der Waals surface area contributed by atoms with E-state index in [1.807, 2.05) is 12.1 Å². The Morgan fingerprint density at radius 3 is 2.42 bits per heavy atom. The molecular weight excluding hydrogens is 240 g/mol. The van der Waals surface area contributed by atoms with E-state index in [4.69, 9.17) is 4.74 Å². The SMILES string of the molecule is CC(C)(C)c1ccc(C2OCCCC2C(=O)O)cc1. The van der Waals surface area contributed by atoms with Crippen LogP contribution in [0.3, 0.4) is 0 Å². The number of carbonyl (C=O) groups is 1. The van der Waals surface area contributed by atoms with Crippen LogP contribution in [0.4, 0.5) is 0 Å². The monoisotopic (exact) mass is 262 g/mol. The van der Waals surface area contributed by atoms with E-state index < -0.39 is 11.9 Å². The highest BCUT2D eigenvalue weighted by molar-refractivity contribution is 5.71. The summed E-state index contributed by atoms with van der Waals surface area (Å²) in [5, 5.41) is 9.27. The van der Waals surface area contributed by atoms with Crippen molar-refractivity contribution >= 4 is 5.97 Å². The van der Waals surface area contributed by atoms with Crippen molar-refractivity contribution in [1.29, 1.82) is 0 Å². The van der Waals surface area contributed by atoms with Gasteiger partial charge in [-0.3, -0.25) is 4.79 Å². The molecule has 1 saturated heterocycles. The van der Waals surface area contributed by atoms with E-state index in [9.17, 15) is 9.90 Å². The van der Waals surface area contributed by atoms with Gasteiger partial charge in [0.25, 0.3) is 0 Å². The molecule has 3 heteroatoms. The van der Waals surface area contributed by atoms with E-state index in [0.717, 1.165) is 12.0 Å². The zero-order valence-electron chi connectivity index (χ0n) is 11.8. The van der Waals surface area contributed by atoms with Crippen LogP contribution in [0, 0.1) is 5.92 Å². The average molecular weight is 262 g/mol. The van der Waals surface area contributed by atoms with Gasteiger partial charge in [-0.25, -0.2) is 0 Å². The van der Waals surface area contributed by atoms with Gasteiger partial charge in [-0.2, -0.15) is 0 Å². The molecule has 1 aliphatic heterocycles. The lowest BCUT2D eigenvalue weighted by molar-refractivity contribution is -0.151. The minimum atomic E-state index is -0.760. The van der Waals surface area contributed by atoms with Crippen LogP contribution in [0.2, 0.25) is 0 Å². The predicted octanol–water partition coefficient (Wildman–Crippen LogP) is 3.54. The fraction of sp³-hybridized carbons (Fsp3) is 0.562. The Morgan fingerprint density at radius 2 is 1.89 bits per heavy atom. The van der Waals surface area contributed by atoms with Crippen molar-refractivity contribution < 1.29 is 14.6 Å². The average Bonchev–Trinajstić information content (AvgIpc) is 2.38. The third-order valence-corrected chi connectivity index (χ3v) is 3.74. The summed E-state index contributed by atoms with van der Waals surface area (Å²) >= 11 is 0. The molecule has 1 aliphatic rings. The number of rotatable bonds is 2. The second-order valence-corrected chi connectivity index (χ2v) is 6.25. The molecule has 0 spiro atoms. The summed E-state index contributed by atoms with van der Waals surface area (Å²) in [6.45, 7) is 7.15. The van der Waals surface area contributed by atoms with Gasteiger partial charge in [-0.1, -0.05) is 45.0 Å². The lowest BCUT2D eigenvalue weighted by Crippen LogP contribution is -2.29. The second-order valence-electron chi connectivity index (χ2n) is 6.25. The summed E-state index contributed by atoms with van der Waals surface area (Å²) in [5.74, 6) is -1.18. The third kappa shape index (κ3) is 3.16. The highest BCUT2D eigenvalue weighted by atomic mass is 16.5. The maximum atomic E-state index is 11.3. The Kier molecular flexibility index (Phi) is 3.95. The number of aliphatic carboxylic acids is 1. The van der Waals surface area contributed by atoms with Crippen LogP contribution in [0.1, 0.15) is 50.8 Å². The van der Waals surface area contributed by atoms with Crippen molar-refractivity contribution in [2.24, 2.45) is 5.92 Å². The van der Waals surface area contributed by atoms with Gasteiger partial charge in [-0.05, 0) is 29.4 Å². The molecule has 3 nitrogen and oxygen atoms in total. The van der Waals surface area contributed by atoms with Crippen molar-refractivity contribution in [2.45, 2.75) is 45.1 Å². The molecule has 0 radical (unpaired) electrons. The molecule has 19 heavy (non-hydrogen) atoms. The number of carboxylic acid groups (broad SMARTS) is 1. The van der Waals surface area contributed by atoms with E-state index in [1.165, 1.54) is 5.56 Å². The molecule has 0 bridgehead atoms. The molecule has 0 amide bonds. The molecule has 2 unspecified atom stereocenters. The lowest BCUT2D eigenvalue weighted by atomic mass is 9.84. The predicted molar refractivity (Wildman–Crippen MR) is 74.2 cm³/mol. The second kappa shape index (κ2) is 5.33. The number of benzene rings is 1. The van der Waals surface area contributed by atoms with Crippen LogP contribution in [-0.2, 0) is 14.9 Å². The largest absolute Gasteiger partial charge is 0.481 e. The summed E-state index contributed by atoms with van der Waals surface area (Å²) in [6.07, 6.45) is 1.22. The van der Waals surface area contributed by atoms with Crippen LogP contribution in [0.25, 0.3) is 0 Å². The summed E-state index contributed by atoms with van der Waals surface area (Å²) in [4.78, 5) is 11.3. The Morgan fingerprint density at radius 1 is 1.26 bits per heavy atom. The van der Waals surface area contributed by atoms with Crippen molar-refractivity contribution in [3.63, 3.8) is 0 Å². The Labute approximate surface area is 114 Å². The molecule has 2 atom stereocenters. The smallest absolute Gasteiger partial charge is 0.309 e. The first-order valence-corrected chi connectivity index (χ1v) is 6.84. The number of carboxylic acids is 1. The van der Waals surface area contributed by atoms with Crippen molar-refractivity contribution in [2.75, 3.05) is 6.61 Å². The maximum absolute atomic E-state index is 11.3. The molecule has 1 fully saturated rings. The molecule has 0 aliphatic carbocycles. The summed E-state index contributed by atoms with van der Waals surface area (Å²) in [7, 11) is 0. The molecule has 1 N–H and O–H groups in total. The third-order valence-electron chi connectivity index (χ3n) is 3.74. The van der Waals surface area contributed by atoms with Gasteiger partial charge < -0.3 is 9.84 Å². The van der Waals surface area contributed by atoms with E-state index >= 15 is 0 Å². The van der Waals surface area contributed by atoms with Gasteiger partial charge in [0.1, 0.15) is 0 Å².